The first-order valence-electron chi connectivity index (χ1n) is 10.8. The van der Waals surface area contributed by atoms with Gasteiger partial charge in [-0.15, -0.1) is 11.3 Å². The molecule has 2 fully saturated rings. The molecule has 0 radical (unpaired) electrons. The molecule has 1 saturated carbocycles. The Balaban J connectivity index is 0.000000286. The molecule has 0 bridgehead atoms. The third kappa shape index (κ3) is 11.3. The molecule has 37 heavy (non-hydrogen) atoms. The summed E-state index contributed by atoms with van der Waals surface area (Å²) in [4.78, 5) is 29.2. The number of ether oxygens (including phenoxy) is 1. The number of carboxylic acid groups (broad SMARTS) is 2. The Morgan fingerprint density at radius 1 is 1.14 bits per heavy atom. The minimum atomic E-state index is -5.08. The third-order valence-electron chi connectivity index (χ3n) is 4.94. The van der Waals surface area contributed by atoms with E-state index in [0.717, 1.165) is 43.0 Å². The quantitative estimate of drug-likeness (QED) is 0.448. The number of nitrogens with one attached hydrogen (secondary N) is 1. The van der Waals surface area contributed by atoms with E-state index in [-0.39, 0.29) is 6.04 Å². The number of nitrogens with zero attached hydrogens (tertiary/aromatic N) is 3. The van der Waals surface area contributed by atoms with Crippen molar-refractivity contribution >= 4 is 28.4 Å². The topological polar surface area (TPSA) is 125 Å². The second-order valence-electron chi connectivity index (χ2n) is 7.93. The van der Waals surface area contributed by atoms with Crippen LogP contribution >= 0.6 is 11.3 Å². The first kappa shape index (κ1) is 30.2. The molecule has 9 nitrogen and oxygen atoms in total. The lowest BCUT2D eigenvalue weighted by Crippen LogP contribution is -2.39. The molecular weight excluding hydrogens is 534 g/mol. The highest BCUT2D eigenvalue weighted by Gasteiger charge is 2.38. The van der Waals surface area contributed by atoms with E-state index < -0.39 is 24.3 Å². The van der Waals surface area contributed by atoms with Crippen molar-refractivity contribution in [2.75, 3.05) is 31.6 Å². The summed E-state index contributed by atoms with van der Waals surface area (Å²) in [5.74, 6) is -4.65. The molecule has 0 spiro atoms. The summed E-state index contributed by atoms with van der Waals surface area (Å²) in [6.07, 6.45) is -3.68. The van der Waals surface area contributed by atoms with Crippen molar-refractivity contribution in [1.29, 1.82) is 0 Å². The zero-order chi connectivity index (χ0) is 27.6. The minimum absolute atomic E-state index is 0.233. The smallest absolute Gasteiger partial charge is 0.475 e. The number of hydrogen-bond acceptors (Lipinski definition) is 8. The van der Waals surface area contributed by atoms with Crippen LogP contribution in [0, 0.1) is 5.92 Å². The van der Waals surface area contributed by atoms with Crippen molar-refractivity contribution in [3.8, 4) is 0 Å². The lowest BCUT2D eigenvalue weighted by Gasteiger charge is -2.34. The standard InChI is InChI=1S/C17H22N4OS.2C2HF3O2/c1-2-14(8-18-5-1)10-21-6-7-22-11-16(21)15-12-23-17(20-15)19-9-13-3-4-13;2*3-2(4,5)1(6)7/h1-2,5,8,12-13,16H,3-4,6-7,9-11H2,(H,19,20);2*(H,6,7). The fourth-order valence-electron chi connectivity index (χ4n) is 2.90. The molecule has 2 aliphatic rings. The molecule has 2 aromatic rings. The fraction of sp³-hybridized carbons (Fsp3) is 0.524. The van der Waals surface area contributed by atoms with Gasteiger partial charge in [-0.2, -0.15) is 26.3 Å². The van der Waals surface area contributed by atoms with Crippen LogP contribution in [0.2, 0.25) is 0 Å². The van der Waals surface area contributed by atoms with Gasteiger partial charge < -0.3 is 20.3 Å². The number of thiazole rings is 1. The molecule has 1 aliphatic carbocycles. The minimum Gasteiger partial charge on any atom is -0.475 e. The van der Waals surface area contributed by atoms with Crippen LogP contribution in [0.25, 0.3) is 0 Å². The average molecular weight is 559 g/mol. The van der Waals surface area contributed by atoms with Gasteiger partial charge in [0.2, 0.25) is 0 Å². The number of aromatic nitrogens is 2. The molecular formula is C21H24F6N4O5S. The number of hydrogen-bond donors (Lipinski definition) is 3. The Hall–Kier alpha value is -2.98. The van der Waals surface area contributed by atoms with Crippen LogP contribution in [-0.4, -0.2) is 75.7 Å². The number of rotatable bonds is 6. The Labute approximate surface area is 211 Å². The number of pyridine rings is 1. The van der Waals surface area contributed by atoms with Crippen LogP contribution in [0.3, 0.4) is 0 Å². The number of alkyl halides is 6. The van der Waals surface area contributed by atoms with Gasteiger partial charge in [0.25, 0.3) is 0 Å². The van der Waals surface area contributed by atoms with Crippen LogP contribution < -0.4 is 5.32 Å². The summed E-state index contributed by atoms with van der Waals surface area (Å²) in [6.45, 7) is 4.39. The Morgan fingerprint density at radius 2 is 1.76 bits per heavy atom. The molecule has 0 amide bonds. The monoisotopic (exact) mass is 558 g/mol. The van der Waals surface area contributed by atoms with Crippen LogP contribution in [0.1, 0.15) is 30.1 Å². The van der Waals surface area contributed by atoms with Gasteiger partial charge in [0.1, 0.15) is 0 Å². The highest BCUT2D eigenvalue weighted by atomic mass is 32.1. The lowest BCUT2D eigenvalue weighted by molar-refractivity contribution is -0.193. The molecule has 4 rings (SSSR count). The maximum atomic E-state index is 10.6. The summed E-state index contributed by atoms with van der Waals surface area (Å²) in [6, 6.07) is 4.35. The van der Waals surface area contributed by atoms with Gasteiger partial charge in [0, 0.05) is 37.4 Å². The van der Waals surface area contributed by atoms with Crippen molar-refractivity contribution in [2.45, 2.75) is 37.8 Å². The number of aliphatic carboxylic acids is 2. The van der Waals surface area contributed by atoms with Crippen molar-refractivity contribution in [2.24, 2.45) is 5.92 Å². The number of carbonyl (C=O) groups is 2. The number of anilines is 1. The molecule has 3 heterocycles. The van der Waals surface area contributed by atoms with Gasteiger partial charge in [0.05, 0.1) is 24.9 Å². The molecule has 0 aromatic carbocycles. The predicted molar refractivity (Wildman–Crippen MR) is 119 cm³/mol. The van der Waals surface area contributed by atoms with Crippen LogP contribution in [0.4, 0.5) is 31.5 Å². The average Bonchev–Trinajstić information content (AvgIpc) is 3.54. The number of morpholine rings is 1. The zero-order valence-electron chi connectivity index (χ0n) is 19.1. The molecule has 3 N–H and O–H groups in total. The first-order valence-corrected chi connectivity index (χ1v) is 11.7. The first-order chi connectivity index (χ1) is 17.3. The second kappa shape index (κ2) is 13.5. The van der Waals surface area contributed by atoms with Crippen molar-refractivity contribution in [3.05, 3.63) is 41.2 Å². The molecule has 1 saturated heterocycles. The molecule has 206 valence electrons. The molecule has 1 atom stereocenters. The summed E-state index contributed by atoms with van der Waals surface area (Å²) < 4.78 is 69.2. The third-order valence-corrected chi connectivity index (χ3v) is 5.75. The van der Waals surface area contributed by atoms with Crippen LogP contribution in [-0.2, 0) is 20.9 Å². The Morgan fingerprint density at radius 3 is 2.27 bits per heavy atom. The summed E-state index contributed by atoms with van der Waals surface area (Å²) >= 11 is 1.70. The van der Waals surface area contributed by atoms with E-state index in [2.05, 4.69) is 26.6 Å². The van der Waals surface area contributed by atoms with Crippen LogP contribution in [0.15, 0.2) is 29.9 Å². The van der Waals surface area contributed by atoms with Crippen LogP contribution in [0.5, 0.6) is 0 Å². The number of carboxylic acids is 2. The number of halogens is 6. The van der Waals surface area contributed by atoms with E-state index in [0.29, 0.717) is 6.61 Å². The van der Waals surface area contributed by atoms with E-state index in [1.54, 1.807) is 11.3 Å². The maximum Gasteiger partial charge on any atom is 0.490 e. The van der Waals surface area contributed by atoms with E-state index >= 15 is 0 Å². The van der Waals surface area contributed by atoms with Crippen molar-refractivity contribution in [3.63, 3.8) is 0 Å². The highest BCUT2D eigenvalue weighted by molar-refractivity contribution is 7.13. The van der Waals surface area contributed by atoms with E-state index in [1.807, 2.05) is 18.5 Å². The van der Waals surface area contributed by atoms with Gasteiger partial charge in [-0.05, 0) is 30.4 Å². The van der Waals surface area contributed by atoms with Crippen molar-refractivity contribution in [1.82, 2.24) is 14.9 Å². The molecule has 1 unspecified atom stereocenters. The maximum absolute atomic E-state index is 10.6. The predicted octanol–water partition coefficient (Wildman–Crippen LogP) is 4.20. The van der Waals surface area contributed by atoms with Gasteiger partial charge in [-0.25, -0.2) is 14.6 Å². The van der Waals surface area contributed by atoms with Crippen molar-refractivity contribution < 1.29 is 50.9 Å². The highest BCUT2D eigenvalue weighted by Crippen LogP contribution is 2.31. The molecule has 1 aliphatic heterocycles. The SMILES string of the molecule is O=C(O)C(F)(F)F.O=C(O)C(F)(F)F.c1cncc(CN2CCOCC2c2csc(NCC3CC3)n2)c1. The zero-order valence-corrected chi connectivity index (χ0v) is 19.9. The van der Waals surface area contributed by atoms with E-state index in [9.17, 15) is 26.3 Å². The fourth-order valence-corrected chi connectivity index (χ4v) is 3.67. The van der Waals surface area contributed by atoms with Gasteiger partial charge in [-0.1, -0.05) is 6.07 Å². The lowest BCUT2D eigenvalue weighted by atomic mass is 10.1. The summed E-state index contributed by atoms with van der Waals surface area (Å²) in [5, 5.41) is 20.9. The second-order valence-corrected chi connectivity index (χ2v) is 8.79. The largest absolute Gasteiger partial charge is 0.490 e. The molecule has 2 aromatic heterocycles. The van der Waals surface area contributed by atoms with E-state index in [4.69, 9.17) is 29.5 Å². The summed E-state index contributed by atoms with van der Waals surface area (Å²) in [7, 11) is 0. The van der Waals surface area contributed by atoms with E-state index in [1.165, 1.54) is 18.4 Å². The van der Waals surface area contributed by atoms with Gasteiger partial charge in [0.15, 0.2) is 5.13 Å². The Bertz CT molecular complexity index is 977. The van der Waals surface area contributed by atoms with Gasteiger partial charge >= 0.3 is 24.3 Å². The van der Waals surface area contributed by atoms with Gasteiger partial charge in [-0.3, -0.25) is 9.88 Å². The molecule has 16 heteroatoms. The Kier molecular flexibility index (Phi) is 11.1. The normalized spacial score (nSPS) is 18.1. The summed E-state index contributed by atoms with van der Waals surface area (Å²) in [5.41, 5.74) is 2.36.